The van der Waals surface area contributed by atoms with Gasteiger partial charge in [0.1, 0.15) is 5.75 Å². The summed E-state index contributed by atoms with van der Waals surface area (Å²) in [6.07, 6.45) is 0. The molecule has 2 N–H and O–H groups in total. The quantitative estimate of drug-likeness (QED) is 0.739. The fraction of sp³-hybridized carbons (Fsp3) is 0.435. The molecule has 7 nitrogen and oxygen atoms in total. The Morgan fingerprint density at radius 2 is 1.70 bits per heavy atom. The summed E-state index contributed by atoms with van der Waals surface area (Å²) in [5.74, 6) is 0.945. The van der Waals surface area contributed by atoms with Crippen molar-refractivity contribution in [2.75, 3.05) is 81.3 Å². The smallest absolute Gasteiger partial charge is 0.279 e. The van der Waals surface area contributed by atoms with Gasteiger partial charge >= 0.3 is 0 Å². The average molecular weight is 412 g/mol. The SMILES string of the molecule is COc1ccc(N2CC[NH+](CC(=O)Nc3ccccc3N3CCOCC3)CC2)cc1. The number of anilines is 3. The molecule has 0 saturated carbocycles. The van der Waals surface area contributed by atoms with Crippen LogP contribution in [0.2, 0.25) is 0 Å². The van der Waals surface area contributed by atoms with Crippen molar-refractivity contribution in [2.24, 2.45) is 0 Å². The highest BCUT2D eigenvalue weighted by atomic mass is 16.5. The number of carbonyl (C=O) groups is 1. The molecule has 2 aliphatic rings. The zero-order valence-corrected chi connectivity index (χ0v) is 17.6. The minimum Gasteiger partial charge on any atom is -0.497 e. The number of morpholine rings is 1. The highest BCUT2D eigenvalue weighted by Crippen LogP contribution is 2.26. The number of piperazine rings is 1. The lowest BCUT2D eigenvalue weighted by atomic mass is 10.2. The summed E-state index contributed by atoms with van der Waals surface area (Å²) >= 11 is 0. The Morgan fingerprint density at radius 1 is 1.00 bits per heavy atom. The molecule has 0 radical (unpaired) electrons. The van der Waals surface area contributed by atoms with E-state index in [1.165, 1.54) is 10.6 Å². The van der Waals surface area contributed by atoms with Crippen LogP contribution in [0, 0.1) is 0 Å². The van der Waals surface area contributed by atoms with Crippen molar-refractivity contribution >= 4 is 23.0 Å². The third-order valence-corrected chi connectivity index (χ3v) is 5.85. The maximum absolute atomic E-state index is 12.7. The molecule has 2 saturated heterocycles. The number of ether oxygens (including phenoxy) is 2. The van der Waals surface area contributed by atoms with E-state index in [4.69, 9.17) is 9.47 Å². The molecule has 0 atom stereocenters. The van der Waals surface area contributed by atoms with Gasteiger partial charge in [0.25, 0.3) is 5.91 Å². The fourth-order valence-corrected chi connectivity index (χ4v) is 4.13. The van der Waals surface area contributed by atoms with Crippen LogP contribution >= 0.6 is 0 Å². The number of para-hydroxylation sites is 2. The van der Waals surface area contributed by atoms with Crippen LogP contribution in [0.1, 0.15) is 0 Å². The summed E-state index contributed by atoms with van der Waals surface area (Å²) in [5, 5.41) is 3.14. The number of benzene rings is 2. The number of carbonyl (C=O) groups excluding carboxylic acids is 1. The summed E-state index contributed by atoms with van der Waals surface area (Å²) < 4.78 is 10.7. The summed E-state index contributed by atoms with van der Waals surface area (Å²) in [7, 11) is 1.68. The fourth-order valence-electron chi connectivity index (χ4n) is 4.13. The predicted molar refractivity (Wildman–Crippen MR) is 119 cm³/mol. The highest BCUT2D eigenvalue weighted by Gasteiger charge is 2.23. The molecular weight excluding hydrogens is 380 g/mol. The average Bonchev–Trinajstić information content (AvgIpc) is 2.80. The summed E-state index contributed by atoms with van der Waals surface area (Å²) in [6, 6.07) is 16.2. The monoisotopic (exact) mass is 411 g/mol. The van der Waals surface area contributed by atoms with Gasteiger partial charge in [0.15, 0.2) is 6.54 Å². The van der Waals surface area contributed by atoms with Crippen LogP contribution in [0.15, 0.2) is 48.5 Å². The molecule has 2 aliphatic heterocycles. The minimum absolute atomic E-state index is 0.0728. The molecule has 0 bridgehead atoms. The molecule has 7 heteroatoms. The van der Waals surface area contributed by atoms with E-state index in [2.05, 4.69) is 33.3 Å². The van der Waals surface area contributed by atoms with Crippen molar-refractivity contribution in [3.63, 3.8) is 0 Å². The number of rotatable bonds is 6. The molecule has 0 spiro atoms. The van der Waals surface area contributed by atoms with Gasteiger partial charge in [-0.25, -0.2) is 0 Å². The summed E-state index contributed by atoms with van der Waals surface area (Å²) in [6.45, 7) is 7.44. The van der Waals surface area contributed by atoms with Gasteiger partial charge in [-0.3, -0.25) is 4.79 Å². The first kappa shape index (κ1) is 20.5. The second-order valence-electron chi connectivity index (χ2n) is 7.78. The lowest BCUT2D eigenvalue weighted by Crippen LogP contribution is -3.15. The highest BCUT2D eigenvalue weighted by molar-refractivity contribution is 5.95. The largest absolute Gasteiger partial charge is 0.497 e. The van der Waals surface area contributed by atoms with Crippen molar-refractivity contribution < 1.29 is 19.2 Å². The van der Waals surface area contributed by atoms with Gasteiger partial charge in [0.05, 0.1) is 57.9 Å². The van der Waals surface area contributed by atoms with Crippen LogP contribution in [0.25, 0.3) is 0 Å². The van der Waals surface area contributed by atoms with Crippen LogP contribution < -0.4 is 24.8 Å². The van der Waals surface area contributed by atoms with Crippen LogP contribution in [-0.4, -0.2) is 72.0 Å². The molecule has 2 aromatic carbocycles. The summed E-state index contributed by atoms with van der Waals surface area (Å²) in [5.41, 5.74) is 3.17. The first-order valence-corrected chi connectivity index (χ1v) is 10.7. The van der Waals surface area contributed by atoms with E-state index in [0.717, 1.165) is 69.6 Å². The number of quaternary nitrogens is 1. The third-order valence-electron chi connectivity index (χ3n) is 5.85. The molecule has 2 heterocycles. The standard InChI is InChI=1S/C23H30N4O3/c1-29-20-8-6-19(7-9-20)26-12-10-25(11-13-26)18-23(28)24-21-4-2-3-5-22(21)27-14-16-30-17-15-27/h2-9H,10-18H2,1H3,(H,24,28)/p+1. The van der Waals surface area contributed by atoms with Gasteiger partial charge in [0.2, 0.25) is 0 Å². The Balaban J connectivity index is 1.29. The molecule has 30 heavy (non-hydrogen) atoms. The Labute approximate surface area is 178 Å². The first-order chi connectivity index (χ1) is 14.7. The molecule has 160 valence electrons. The van der Waals surface area contributed by atoms with E-state index in [9.17, 15) is 4.79 Å². The number of amides is 1. The Kier molecular flexibility index (Phi) is 6.71. The van der Waals surface area contributed by atoms with Gasteiger partial charge in [-0.1, -0.05) is 12.1 Å². The molecule has 2 aromatic rings. The maximum Gasteiger partial charge on any atom is 0.279 e. The lowest BCUT2D eigenvalue weighted by Gasteiger charge is -2.33. The molecule has 0 aliphatic carbocycles. The Morgan fingerprint density at radius 3 is 2.40 bits per heavy atom. The number of nitrogens with zero attached hydrogens (tertiary/aromatic N) is 2. The molecule has 0 unspecified atom stereocenters. The number of hydrogen-bond acceptors (Lipinski definition) is 5. The maximum atomic E-state index is 12.7. The predicted octanol–water partition coefficient (Wildman–Crippen LogP) is 0.875. The van der Waals surface area contributed by atoms with E-state index in [-0.39, 0.29) is 5.91 Å². The third kappa shape index (κ3) is 5.04. The van der Waals surface area contributed by atoms with E-state index >= 15 is 0 Å². The van der Waals surface area contributed by atoms with Crippen LogP contribution in [0.3, 0.4) is 0 Å². The zero-order chi connectivity index (χ0) is 20.8. The topological polar surface area (TPSA) is 58.5 Å². The molecular formula is C23H31N4O3+. The lowest BCUT2D eigenvalue weighted by molar-refractivity contribution is -0.892. The molecule has 1 amide bonds. The van der Waals surface area contributed by atoms with Crippen molar-refractivity contribution in [3.05, 3.63) is 48.5 Å². The second-order valence-corrected chi connectivity index (χ2v) is 7.78. The molecule has 2 fully saturated rings. The Hall–Kier alpha value is -2.77. The van der Waals surface area contributed by atoms with Gasteiger partial charge in [-0.15, -0.1) is 0 Å². The van der Waals surface area contributed by atoms with E-state index in [0.29, 0.717) is 6.54 Å². The Bertz CT molecular complexity index is 829. The second kappa shape index (κ2) is 9.82. The van der Waals surface area contributed by atoms with Gasteiger partial charge < -0.3 is 29.5 Å². The van der Waals surface area contributed by atoms with Crippen molar-refractivity contribution in [2.45, 2.75) is 0 Å². The van der Waals surface area contributed by atoms with Crippen LogP contribution in [-0.2, 0) is 9.53 Å². The van der Waals surface area contributed by atoms with Crippen molar-refractivity contribution in [1.29, 1.82) is 0 Å². The van der Waals surface area contributed by atoms with Crippen LogP contribution in [0.5, 0.6) is 5.75 Å². The number of methoxy groups -OCH3 is 1. The summed E-state index contributed by atoms with van der Waals surface area (Å²) in [4.78, 5) is 18.7. The minimum atomic E-state index is 0.0728. The van der Waals surface area contributed by atoms with Gasteiger partial charge in [-0.05, 0) is 36.4 Å². The van der Waals surface area contributed by atoms with Crippen molar-refractivity contribution in [1.82, 2.24) is 0 Å². The van der Waals surface area contributed by atoms with Gasteiger partial charge in [0, 0.05) is 18.8 Å². The molecule has 0 aromatic heterocycles. The van der Waals surface area contributed by atoms with Crippen LogP contribution in [0.4, 0.5) is 17.1 Å². The zero-order valence-electron chi connectivity index (χ0n) is 17.6. The van der Waals surface area contributed by atoms with E-state index < -0.39 is 0 Å². The number of hydrogen-bond donors (Lipinski definition) is 2. The first-order valence-electron chi connectivity index (χ1n) is 10.7. The van der Waals surface area contributed by atoms with E-state index in [1.807, 2.05) is 30.3 Å². The number of nitrogens with one attached hydrogen (secondary N) is 2. The van der Waals surface area contributed by atoms with Crippen molar-refractivity contribution in [3.8, 4) is 5.75 Å². The van der Waals surface area contributed by atoms with Gasteiger partial charge in [-0.2, -0.15) is 0 Å². The normalized spacial score (nSPS) is 17.6. The van der Waals surface area contributed by atoms with E-state index in [1.54, 1.807) is 7.11 Å². The molecule has 4 rings (SSSR count).